The predicted molar refractivity (Wildman–Crippen MR) is 51.2 cm³/mol. The fourth-order valence-corrected chi connectivity index (χ4v) is 1.53. The van der Waals surface area contributed by atoms with Crippen molar-refractivity contribution in [3.05, 3.63) is 12.7 Å². The monoisotopic (exact) mass is 183 g/mol. The third-order valence-corrected chi connectivity index (χ3v) is 2.30. The Bertz CT molecular complexity index is 174. The number of carbonyl (C=O) groups excluding carboxylic acids is 1. The van der Waals surface area contributed by atoms with Gasteiger partial charge in [-0.3, -0.25) is 4.79 Å². The summed E-state index contributed by atoms with van der Waals surface area (Å²) in [4.78, 5) is 10.7. The summed E-state index contributed by atoms with van der Waals surface area (Å²) in [5, 5.41) is 2.60. The summed E-state index contributed by atoms with van der Waals surface area (Å²) >= 11 is 0. The number of amides is 1. The molecule has 1 aliphatic carbocycles. The molecule has 0 aromatic carbocycles. The molecule has 0 spiro atoms. The molecule has 0 saturated heterocycles. The van der Waals surface area contributed by atoms with E-state index in [4.69, 9.17) is 4.74 Å². The van der Waals surface area contributed by atoms with Crippen molar-refractivity contribution in [1.29, 1.82) is 0 Å². The molecular formula is C10H17NO2. The van der Waals surface area contributed by atoms with E-state index in [-0.39, 0.29) is 5.91 Å². The highest BCUT2D eigenvalue weighted by molar-refractivity contribution is 5.86. The fraction of sp³-hybridized carbons (Fsp3) is 0.700. The zero-order chi connectivity index (χ0) is 9.52. The average Bonchev–Trinajstić information content (AvgIpc) is 2.19. The van der Waals surface area contributed by atoms with Gasteiger partial charge in [0.2, 0.25) is 5.91 Å². The van der Waals surface area contributed by atoms with Gasteiger partial charge in [-0.15, -0.1) is 0 Å². The van der Waals surface area contributed by atoms with Crippen molar-refractivity contribution in [3.8, 4) is 0 Å². The Morgan fingerprint density at radius 1 is 1.46 bits per heavy atom. The van der Waals surface area contributed by atoms with E-state index in [0.29, 0.717) is 12.8 Å². The van der Waals surface area contributed by atoms with E-state index >= 15 is 0 Å². The summed E-state index contributed by atoms with van der Waals surface area (Å²) < 4.78 is 5.48. The van der Waals surface area contributed by atoms with Crippen LogP contribution in [0.5, 0.6) is 0 Å². The molecule has 1 saturated carbocycles. The Morgan fingerprint density at radius 3 is 2.77 bits per heavy atom. The van der Waals surface area contributed by atoms with Gasteiger partial charge in [-0.1, -0.05) is 25.8 Å². The third kappa shape index (κ3) is 4.08. The van der Waals surface area contributed by atoms with Crippen LogP contribution in [0, 0.1) is 0 Å². The lowest BCUT2D eigenvalue weighted by molar-refractivity contribution is -0.119. The Morgan fingerprint density at radius 2 is 2.15 bits per heavy atom. The molecule has 0 aliphatic heterocycles. The van der Waals surface area contributed by atoms with E-state index in [9.17, 15) is 4.79 Å². The molecule has 0 unspecified atom stereocenters. The molecule has 0 radical (unpaired) electrons. The van der Waals surface area contributed by atoms with Gasteiger partial charge >= 0.3 is 0 Å². The molecule has 1 amide bonds. The molecule has 0 aromatic rings. The van der Waals surface area contributed by atoms with Crippen LogP contribution < -0.4 is 5.32 Å². The lowest BCUT2D eigenvalue weighted by Crippen LogP contribution is -2.28. The molecule has 1 fully saturated rings. The van der Waals surface area contributed by atoms with E-state index in [1.807, 2.05) is 0 Å². The topological polar surface area (TPSA) is 38.3 Å². The number of carbonyl (C=O) groups is 1. The van der Waals surface area contributed by atoms with E-state index in [0.717, 1.165) is 12.8 Å². The summed E-state index contributed by atoms with van der Waals surface area (Å²) in [7, 11) is 0. The minimum atomic E-state index is -0.171. The molecule has 3 nitrogen and oxygen atoms in total. The minimum Gasteiger partial charge on any atom is -0.358 e. The lowest BCUT2D eigenvalue weighted by atomic mass is 9.98. The van der Waals surface area contributed by atoms with Crippen molar-refractivity contribution in [2.75, 3.05) is 6.73 Å². The SMILES string of the molecule is C=CC(=O)NCOC1CCCCC1. The van der Waals surface area contributed by atoms with Crippen molar-refractivity contribution < 1.29 is 9.53 Å². The molecule has 0 heterocycles. The molecule has 0 bridgehead atoms. The van der Waals surface area contributed by atoms with Gasteiger partial charge < -0.3 is 10.1 Å². The van der Waals surface area contributed by atoms with Crippen LogP contribution in [0.3, 0.4) is 0 Å². The summed E-state index contributed by atoms with van der Waals surface area (Å²) in [5.74, 6) is -0.171. The van der Waals surface area contributed by atoms with E-state index < -0.39 is 0 Å². The second-order valence-electron chi connectivity index (χ2n) is 3.32. The lowest BCUT2D eigenvalue weighted by Gasteiger charge is -2.21. The maximum Gasteiger partial charge on any atom is 0.245 e. The van der Waals surface area contributed by atoms with Gasteiger partial charge in [0.1, 0.15) is 6.73 Å². The van der Waals surface area contributed by atoms with Gasteiger partial charge in [0.05, 0.1) is 6.10 Å². The highest BCUT2D eigenvalue weighted by Gasteiger charge is 2.13. The summed E-state index contributed by atoms with van der Waals surface area (Å²) in [5.41, 5.74) is 0. The Kier molecular flexibility index (Phi) is 4.54. The molecule has 0 atom stereocenters. The summed E-state index contributed by atoms with van der Waals surface area (Å²) in [6.45, 7) is 3.67. The molecule has 0 aromatic heterocycles. The second-order valence-corrected chi connectivity index (χ2v) is 3.32. The largest absolute Gasteiger partial charge is 0.358 e. The zero-order valence-corrected chi connectivity index (χ0v) is 7.92. The molecule has 1 rings (SSSR count). The highest BCUT2D eigenvalue weighted by atomic mass is 16.5. The Balaban J connectivity index is 2.04. The van der Waals surface area contributed by atoms with E-state index in [1.54, 1.807) is 0 Å². The number of hydrogen-bond acceptors (Lipinski definition) is 2. The first-order valence-electron chi connectivity index (χ1n) is 4.85. The first kappa shape index (κ1) is 10.3. The van der Waals surface area contributed by atoms with E-state index in [1.165, 1.54) is 25.3 Å². The van der Waals surface area contributed by atoms with Crippen LogP contribution in [0.1, 0.15) is 32.1 Å². The van der Waals surface area contributed by atoms with Gasteiger partial charge in [0, 0.05) is 0 Å². The Hall–Kier alpha value is -0.830. The summed E-state index contributed by atoms with van der Waals surface area (Å²) in [6.07, 6.45) is 7.68. The standard InChI is InChI=1S/C10H17NO2/c1-2-10(12)11-8-13-9-6-4-3-5-7-9/h2,9H,1,3-8H2,(H,11,12). The smallest absolute Gasteiger partial charge is 0.245 e. The molecule has 13 heavy (non-hydrogen) atoms. The predicted octanol–water partition coefficient (Wildman–Crippen LogP) is 1.60. The second kappa shape index (κ2) is 5.75. The first-order chi connectivity index (χ1) is 6.33. The van der Waals surface area contributed by atoms with Crippen LogP contribution in [0.2, 0.25) is 0 Å². The van der Waals surface area contributed by atoms with Crippen molar-refractivity contribution in [2.24, 2.45) is 0 Å². The molecular weight excluding hydrogens is 166 g/mol. The average molecular weight is 183 g/mol. The van der Waals surface area contributed by atoms with Gasteiger partial charge in [0.25, 0.3) is 0 Å². The molecule has 1 aliphatic rings. The molecule has 1 N–H and O–H groups in total. The number of ether oxygens (including phenoxy) is 1. The minimum absolute atomic E-state index is 0.171. The van der Waals surface area contributed by atoms with Crippen molar-refractivity contribution in [1.82, 2.24) is 5.32 Å². The van der Waals surface area contributed by atoms with Gasteiger partial charge in [0.15, 0.2) is 0 Å². The van der Waals surface area contributed by atoms with Crippen LogP contribution in [0.15, 0.2) is 12.7 Å². The van der Waals surface area contributed by atoms with Crippen molar-refractivity contribution >= 4 is 5.91 Å². The maximum atomic E-state index is 10.7. The van der Waals surface area contributed by atoms with Gasteiger partial charge in [-0.2, -0.15) is 0 Å². The van der Waals surface area contributed by atoms with Crippen LogP contribution in [0.25, 0.3) is 0 Å². The van der Waals surface area contributed by atoms with Crippen LogP contribution in [-0.2, 0) is 9.53 Å². The Labute approximate surface area is 79.2 Å². The number of nitrogens with one attached hydrogen (secondary N) is 1. The van der Waals surface area contributed by atoms with Crippen molar-refractivity contribution in [2.45, 2.75) is 38.2 Å². The number of hydrogen-bond donors (Lipinski definition) is 1. The molecule has 3 heteroatoms. The third-order valence-electron chi connectivity index (χ3n) is 2.30. The molecule has 74 valence electrons. The maximum absolute atomic E-state index is 10.7. The van der Waals surface area contributed by atoms with Crippen LogP contribution in [-0.4, -0.2) is 18.7 Å². The quantitative estimate of drug-likeness (QED) is 0.531. The fourth-order valence-electron chi connectivity index (χ4n) is 1.53. The van der Waals surface area contributed by atoms with E-state index in [2.05, 4.69) is 11.9 Å². The number of rotatable bonds is 4. The van der Waals surface area contributed by atoms with Crippen LogP contribution in [0.4, 0.5) is 0 Å². The van der Waals surface area contributed by atoms with Gasteiger partial charge in [-0.05, 0) is 18.9 Å². The van der Waals surface area contributed by atoms with Gasteiger partial charge in [-0.25, -0.2) is 0 Å². The zero-order valence-electron chi connectivity index (χ0n) is 7.92. The van der Waals surface area contributed by atoms with Crippen molar-refractivity contribution in [3.63, 3.8) is 0 Å². The summed E-state index contributed by atoms with van der Waals surface area (Å²) in [6, 6.07) is 0. The first-order valence-corrected chi connectivity index (χ1v) is 4.85. The normalized spacial score (nSPS) is 18.2. The highest BCUT2D eigenvalue weighted by Crippen LogP contribution is 2.19. The van der Waals surface area contributed by atoms with Crippen LogP contribution >= 0.6 is 0 Å².